The minimum absolute atomic E-state index is 0.0166. The number of alkyl halides is 1. The van der Waals surface area contributed by atoms with Crippen molar-refractivity contribution >= 4 is 46.1 Å². The van der Waals surface area contributed by atoms with Gasteiger partial charge in [-0.05, 0) is 136 Å². The lowest BCUT2D eigenvalue weighted by Crippen LogP contribution is -2.59. The number of anilines is 3. The summed E-state index contributed by atoms with van der Waals surface area (Å²) in [7, 11) is 0. The van der Waals surface area contributed by atoms with Gasteiger partial charge in [-0.2, -0.15) is 0 Å². The third kappa shape index (κ3) is 7.71. The van der Waals surface area contributed by atoms with Gasteiger partial charge in [-0.3, -0.25) is 14.5 Å². The maximum Gasteiger partial charge on any atom is 0.410 e. The first-order chi connectivity index (χ1) is 28.4. The number of carbonyl (C=O) groups excluding carboxylic acids is 3. The zero-order chi connectivity index (χ0) is 42.8. The first-order valence-corrected chi connectivity index (χ1v) is 21.5. The average Bonchev–Trinajstić information content (AvgIpc) is 3.69. The summed E-state index contributed by atoms with van der Waals surface area (Å²) >= 11 is 0. The van der Waals surface area contributed by atoms with Crippen LogP contribution in [-0.4, -0.2) is 98.3 Å². The Labute approximate surface area is 351 Å². The first kappa shape index (κ1) is 41.6. The number of ether oxygens (including phenoxy) is 1. The number of nitrogens with zero attached hydrogens (tertiary/aromatic N) is 6. The van der Waals surface area contributed by atoms with E-state index in [2.05, 4.69) is 15.5 Å². The summed E-state index contributed by atoms with van der Waals surface area (Å²) in [6, 6.07) is 10.9. The van der Waals surface area contributed by atoms with Crippen LogP contribution in [0.2, 0.25) is 0 Å². The Morgan fingerprint density at radius 2 is 1.73 bits per heavy atom. The molecule has 4 aromatic rings. The number of piperidine rings is 2. The molecule has 8 rings (SSSR count). The molecule has 2 aromatic carbocycles. The fraction of sp³-hybridized carbons (Fsp3) is 0.543. The predicted molar refractivity (Wildman–Crippen MR) is 229 cm³/mol. The topological polar surface area (TPSA) is 125 Å². The molecular formula is C46H58F2N8O4. The van der Waals surface area contributed by atoms with Gasteiger partial charge in [-0.15, -0.1) is 0 Å². The van der Waals surface area contributed by atoms with Gasteiger partial charge >= 0.3 is 6.09 Å². The SMILES string of the molecule is Cc1cc(F)c(Nc2nc(-c3ccc4c(c3)N([C@H]3C[C@@H](N5CCC[C@@H](F)C5)C3)C(=O)C43CCN(C(=O)OC(C)(C)C)CC3)cc3ncn(C(C)C)c23)cc1C(=O)NC(C)C. The maximum atomic E-state index is 15.7. The maximum absolute atomic E-state index is 15.7. The van der Waals surface area contributed by atoms with Crippen molar-refractivity contribution in [3.05, 3.63) is 65.2 Å². The minimum Gasteiger partial charge on any atom is -0.444 e. The summed E-state index contributed by atoms with van der Waals surface area (Å²) in [5, 5.41) is 6.14. The molecule has 0 bridgehead atoms. The Kier molecular flexibility index (Phi) is 10.9. The predicted octanol–water partition coefficient (Wildman–Crippen LogP) is 8.59. The highest BCUT2D eigenvalue weighted by Gasteiger charge is 2.56. The van der Waals surface area contributed by atoms with Gasteiger partial charge < -0.3 is 29.7 Å². The third-order valence-corrected chi connectivity index (χ3v) is 12.7. The van der Waals surface area contributed by atoms with E-state index in [1.165, 1.54) is 12.1 Å². The van der Waals surface area contributed by atoms with E-state index in [4.69, 9.17) is 14.7 Å². The number of pyridine rings is 1. The molecule has 3 aliphatic heterocycles. The molecule has 1 saturated carbocycles. The molecule has 3 fully saturated rings. The van der Waals surface area contributed by atoms with Gasteiger partial charge in [-0.25, -0.2) is 23.5 Å². The molecule has 2 saturated heterocycles. The average molecular weight is 825 g/mol. The van der Waals surface area contributed by atoms with Crippen LogP contribution >= 0.6 is 0 Å². The Morgan fingerprint density at radius 3 is 2.40 bits per heavy atom. The van der Waals surface area contributed by atoms with E-state index in [9.17, 15) is 18.8 Å². The standard InChI is InChI=1S/C46H58F2N8O4/c1-26(2)50-42(57)33-22-37(35(48)18-28(33)5)52-41-40-38(49-25-55(40)27(3)4)23-36(51-41)29-11-12-34-39(19-29)56(32-20-31(21-32)54-15-9-10-30(47)24-54)43(58)46(34)13-16-53(17-14-46)44(59)60-45(6,7)8/h11-12,18-19,22-23,25-27,30-32H,9-10,13-17,20-21,24H2,1-8H3,(H,50,57)(H,51,52)/t30-,31-,32+/m1/s1. The van der Waals surface area contributed by atoms with Crippen LogP contribution in [0, 0.1) is 12.7 Å². The number of nitrogens with one attached hydrogen (secondary N) is 2. The monoisotopic (exact) mass is 824 g/mol. The summed E-state index contributed by atoms with van der Waals surface area (Å²) < 4.78 is 37.9. The van der Waals surface area contributed by atoms with Gasteiger partial charge in [0, 0.05) is 60.6 Å². The number of aromatic nitrogens is 3. The molecule has 14 heteroatoms. The van der Waals surface area contributed by atoms with Gasteiger partial charge in [0.25, 0.3) is 5.91 Å². The van der Waals surface area contributed by atoms with Crippen LogP contribution in [0.3, 0.4) is 0 Å². The summed E-state index contributed by atoms with van der Waals surface area (Å²) in [5.41, 5.74) is 3.96. The number of likely N-dealkylation sites (tertiary alicyclic amines) is 2. The minimum atomic E-state index is -0.821. The van der Waals surface area contributed by atoms with Crippen molar-refractivity contribution in [2.24, 2.45) is 0 Å². The van der Waals surface area contributed by atoms with Gasteiger partial charge in [0.2, 0.25) is 5.91 Å². The van der Waals surface area contributed by atoms with Gasteiger partial charge in [0.1, 0.15) is 23.1 Å². The number of hydrogen-bond acceptors (Lipinski definition) is 8. The van der Waals surface area contributed by atoms with Crippen LogP contribution < -0.4 is 15.5 Å². The summed E-state index contributed by atoms with van der Waals surface area (Å²) in [4.78, 5) is 57.0. The third-order valence-electron chi connectivity index (χ3n) is 12.7. The molecule has 2 N–H and O–H groups in total. The quantitative estimate of drug-likeness (QED) is 0.181. The van der Waals surface area contributed by atoms with E-state index in [0.29, 0.717) is 72.6 Å². The van der Waals surface area contributed by atoms with Crippen molar-refractivity contribution in [3.8, 4) is 11.3 Å². The smallest absolute Gasteiger partial charge is 0.410 e. The van der Waals surface area contributed by atoms with Crippen molar-refractivity contribution in [1.29, 1.82) is 0 Å². The highest BCUT2D eigenvalue weighted by atomic mass is 19.1. The number of carbonyl (C=O) groups is 3. The number of benzene rings is 2. The van der Waals surface area contributed by atoms with Crippen LogP contribution in [0.5, 0.6) is 0 Å². The number of halogens is 2. The lowest BCUT2D eigenvalue weighted by atomic mass is 9.73. The number of fused-ring (bicyclic) bond motifs is 3. The zero-order valence-electron chi connectivity index (χ0n) is 36.1. The van der Waals surface area contributed by atoms with Gasteiger partial charge in [-0.1, -0.05) is 12.1 Å². The Hall–Kier alpha value is -5.11. The van der Waals surface area contributed by atoms with E-state index in [0.717, 1.165) is 42.6 Å². The lowest BCUT2D eigenvalue weighted by molar-refractivity contribution is -0.126. The Balaban J connectivity index is 1.17. The molecule has 4 aliphatic rings. The largest absolute Gasteiger partial charge is 0.444 e. The fourth-order valence-electron chi connectivity index (χ4n) is 9.51. The second-order valence-corrected chi connectivity index (χ2v) is 18.8. The number of rotatable bonds is 8. The normalized spacial score (nSPS) is 21.8. The first-order valence-electron chi connectivity index (χ1n) is 21.5. The van der Waals surface area contributed by atoms with E-state index in [-0.39, 0.29) is 47.8 Å². The lowest BCUT2D eigenvalue weighted by Gasteiger charge is -2.48. The second-order valence-electron chi connectivity index (χ2n) is 18.8. The number of amides is 3. The molecule has 320 valence electrons. The highest BCUT2D eigenvalue weighted by molar-refractivity contribution is 6.09. The van der Waals surface area contributed by atoms with Crippen molar-refractivity contribution < 1.29 is 27.9 Å². The van der Waals surface area contributed by atoms with Crippen LogP contribution in [-0.2, 0) is 14.9 Å². The van der Waals surface area contributed by atoms with E-state index in [1.807, 2.05) is 82.2 Å². The zero-order valence-corrected chi connectivity index (χ0v) is 36.1. The molecule has 1 aliphatic carbocycles. The number of hydrogen-bond donors (Lipinski definition) is 2. The Bertz CT molecular complexity index is 2320. The van der Waals surface area contributed by atoms with Crippen LogP contribution in [0.15, 0.2) is 42.7 Å². The van der Waals surface area contributed by atoms with Crippen LogP contribution in [0.4, 0.5) is 30.8 Å². The molecule has 60 heavy (non-hydrogen) atoms. The van der Waals surface area contributed by atoms with Crippen molar-refractivity contribution in [3.63, 3.8) is 0 Å². The second kappa shape index (κ2) is 15.7. The van der Waals surface area contributed by atoms with Crippen molar-refractivity contribution in [1.82, 2.24) is 29.7 Å². The van der Waals surface area contributed by atoms with E-state index >= 15 is 4.39 Å². The molecule has 0 unspecified atom stereocenters. The molecule has 5 heterocycles. The molecular weight excluding hydrogens is 767 g/mol. The van der Waals surface area contributed by atoms with Crippen molar-refractivity contribution in [2.45, 2.75) is 135 Å². The van der Waals surface area contributed by atoms with Crippen LogP contribution in [0.1, 0.15) is 115 Å². The summed E-state index contributed by atoms with van der Waals surface area (Å²) in [6.45, 7) is 17.1. The van der Waals surface area contributed by atoms with Crippen molar-refractivity contribution in [2.75, 3.05) is 36.4 Å². The summed E-state index contributed by atoms with van der Waals surface area (Å²) in [6.07, 6.45) is 4.42. The van der Waals surface area contributed by atoms with E-state index in [1.54, 1.807) is 18.2 Å². The molecule has 3 amide bonds. The number of imidazole rings is 1. The molecule has 12 nitrogen and oxygen atoms in total. The highest BCUT2D eigenvalue weighted by Crippen LogP contribution is 2.52. The number of aryl methyl sites for hydroxylation is 1. The molecule has 2 aromatic heterocycles. The molecule has 1 atom stereocenters. The van der Waals surface area contributed by atoms with Crippen LogP contribution in [0.25, 0.3) is 22.3 Å². The fourth-order valence-corrected chi connectivity index (χ4v) is 9.51. The van der Waals surface area contributed by atoms with E-state index < -0.39 is 23.0 Å². The Morgan fingerprint density at radius 1 is 1.00 bits per heavy atom. The van der Waals surface area contributed by atoms with Gasteiger partial charge in [0.05, 0.1) is 28.6 Å². The summed E-state index contributed by atoms with van der Waals surface area (Å²) in [5.74, 6) is -0.404. The molecule has 1 spiro atoms. The molecule has 0 radical (unpaired) electrons. The van der Waals surface area contributed by atoms with Gasteiger partial charge in [0.15, 0.2) is 5.82 Å².